The first-order valence-corrected chi connectivity index (χ1v) is 22.1. The molecule has 12 rings (SSSR count). The molecule has 59 heavy (non-hydrogen) atoms. The highest BCUT2D eigenvalue weighted by atomic mass is 32.1. The van der Waals surface area contributed by atoms with E-state index in [2.05, 4.69) is 195 Å². The summed E-state index contributed by atoms with van der Waals surface area (Å²) < 4.78 is 5.26. The number of rotatable bonds is 4. The topological polar surface area (TPSA) is 8.17 Å². The number of aromatic nitrogens is 1. The van der Waals surface area contributed by atoms with Gasteiger partial charge in [0.15, 0.2) is 0 Å². The molecule has 0 spiro atoms. The van der Waals surface area contributed by atoms with E-state index in [0.717, 1.165) is 12.8 Å². The van der Waals surface area contributed by atoms with Crippen molar-refractivity contribution >= 4 is 70.4 Å². The van der Waals surface area contributed by atoms with E-state index in [4.69, 9.17) is 0 Å². The first-order valence-electron chi connectivity index (χ1n) is 21.3. The Labute approximate surface area is 351 Å². The number of anilines is 2. The van der Waals surface area contributed by atoms with Crippen LogP contribution in [0.5, 0.6) is 0 Å². The minimum atomic E-state index is -0.0838. The molecule has 0 saturated heterocycles. The van der Waals surface area contributed by atoms with Gasteiger partial charge < -0.3 is 9.47 Å². The minimum absolute atomic E-state index is 0.0838. The lowest BCUT2D eigenvalue weighted by Crippen LogP contribution is -2.21. The van der Waals surface area contributed by atoms with Crippen LogP contribution in [0.4, 0.5) is 11.4 Å². The van der Waals surface area contributed by atoms with E-state index in [1.807, 2.05) is 25.2 Å². The molecular weight excluding hydrogens is 733 g/mol. The summed E-state index contributed by atoms with van der Waals surface area (Å²) in [5, 5.41) is 5.39. The van der Waals surface area contributed by atoms with Crippen LogP contribution in [-0.2, 0) is 10.8 Å². The molecule has 2 nitrogen and oxygen atoms in total. The van der Waals surface area contributed by atoms with Crippen molar-refractivity contribution in [3.05, 3.63) is 186 Å². The van der Waals surface area contributed by atoms with E-state index in [0.29, 0.717) is 0 Å². The largest absolute Gasteiger partial charge is 0.314 e. The number of hydrogen-bond acceptors (Lipinski definition) is 2. The molecule has 2 heterocycles. The molecule has 3 aliphatic carbocycles. The third-order valence-corrected chi connectivity index (χ3v) is 14.7. The first kappa shape index (κ1) is 36.0. The van der Waals surface area contributed by atoms with Crippen LogP contribution >= 0.6 is 11.3 Å². The molecule has 7 aromatic carbocycles. The second kappa shape index (κ2) is 13.2. The minimum Gasteiger partial charge on any atom is -0.314 e. The quantitative estimate of drug-likeness (QED) is 0.173. The summed E-state index contributed by atoms with van der Waals surface area (Å²) in [6.45, 7) is 13.5. The van der Waals surface area contributed by atoms with Crippen LogP contribution in [-0.4, -0.2) is 4.57 Å². The maximum Gasteiger partial charge on any atom is 0.0552 e. The Morgan fingerprint density at radius 3 is 1.68 bits per heavy atom. The van der Waals surface area contributed by atoms with Crippen LogP contribution in [0.25, 0.3) is 69.9 Å². The SMILES string of the molecule is CC.CC1(C)c2ccccc2-c2ccc(N(C3=CC=C(n4c5ccccc5c5c6sc7ccccc7c6ccc54)CC3)c3ccc4c(c3)C(C)(C)c3ccccc3-4)cc21. The number of fused-ring (bicyclic) bond motifs is 13. The fraction of sp³-hybridized carbons (Fsp3) is 0.179. The van der Waals surface area contributed by atoms with Crippen molar-refractivity contribution in [2.75, 3.05) is 4.90 Å². The average molecular weight is 781 g/mol. The van der Waals surface area contributed by atoms with Gasteiger partial charge in [0, 0.05) is 64.5 Å². The zero-order chi connectivity index (χ0) is 40.2. The van der Waals surface area contributed by atoms with Crippen LogP contribution in [0.3, 0.4) is 0 Å². The normalized spacial score (nSPS) is 15.6. The molecule has 0 N–H and O–H groups in total. The third-order valence-electron chi connectivity index (χ3n) is 13.5. The van der Waals surface area contributed by atoms with Gasteiger partial charge in [-0.1, -0.05) is 145 Å². The second-order valence-corrected chi connectivity index (χ2v) is 18.3. The molecule has 3 heteroatoms. The fourth-order valence-electron chi connectivity index (χ4n) is 10.7. The lowest BCUT2D eigenvalue weighted by Gasteiger charge is -2.32. The molecule has 288 valence electrons. The van der Waals surface area contributed by atoms with Gasteiger partial charge in [0.25, 0.3) is 0 Å². The van der Waals surface area contributed by atoms with E-state index < -0.39 is 0 Å². The van der Waals surface area contributed by atoms with E-state index in [9.17, 15) is 0 Å². The van der Waals surface area contributed by atoms with Crippen LogP contribution < -0.4 is 4.90 Å². The predicted octanol–water partition coefficient (Wildman–Crippen LogP) is 16.2. The van der Waals surface area contributed by atoms with E-state index in [1.165, 1.54) is 109 Å². The molecular formula is C56H48N2S. The Morgan fingerprint density at radius 2 is 1.05 bits per heavy atom. The Balaban J connectivity index is 0.00000196. The van der Waals surface area contributed by atoms with Crippen molar-refractivity contribution in [2.45, 2.75) is 65.2 Å². The maximum atomic E-state index is 2.55. The van der Waals surface area contributed by atoms with Crippen molar-refractivity contribution in [3.8, 4) is 22.3 Å². The lowest BCUT2D eigenvalue weighted by atomic mass is 9.82. The summed E-state index contributed by atoms with van der Waals surface area (Å²) in [4.78, 5) is 2.55. The molecule has 0 fully saturated rings. The van der Waals surface area contributed by atoms with Gasteiger partial charge in [0.2, 0.25) is 0 Å². The summed E-state index contributed by atoms with van der Waals surface area (Å²) in [5.41, 5.74) is 18.5. The fourth-order valence-corrected chi connectivity index (χ4v) is 11.9. The van der Waals surface area contributed by atoms with Gasteiger partial charge in [0.1, 0.15) is 0 Å². The first-order chi connectivity index (χ1) is 28.8. The molecule has 3 aliphatic rings. The number of nitrogens with zero attached hydrogens (tertiary/aromatic N) is 2. The van der Waals surface area contributed by atoms with Gasteiger partial charge in [-0.3, -0.25) is 0 Å². The molecule has 0 radical (unpaired) electrons. The van der Waals surface area contributed by atoms with Crippen LogP contribution in [0.15, 0.2) is 163 Å². The predicted molar refractivity (Wildman–Crippen MR) is 255 cm³/mol. The monoisotopic (exact) mass is 780 g/mol. The molecule has 0 unspecified atom stereocenters. The van der Waals surface area contributed by atoms with Gasteiger partial charge in [-0.15, -0.1) is 11.3 Å². The van der Waals surface area contributed by atoms with Crippen molar-refractivity contribution in [1.82, 2.24) is 4.57 Å². The molecule has 0 bridgehead atoms. The van der Waals surface area contributed by atoms with E-state index >= 15 is 0 Å². The third kappa shape index (κ3) is 5.10. The molecule has 0 saturated carbocycles. The second-order valence-electron chi connectivity index (χ2n) is 17.2. The zero-order valence-corrected chi connectivity index (χ0v) is 35.5. The van der Waals surface area contributed by atoms with E-state index in [1.54, 1.807) is 0 Å². The molecule has 9 aromatic rings. The van der Waals surface area contributed by atoms with Crippen molar-refractivity contribution in [3.63, 3.8) is 0 Å². The maximum absolute atomic E-state index is 2.55. The molecule has 0 atom stereocenters. The number of para-hydroxylation sites is 1. The van der Waals surface area contributed by atoms with Crippen molar-refractivity contribution < 1.29 is 0 Å². The van der Waals surface area contributed by atoms with Gasteiger partial charge in [-0.2, -0.15) is 0 Å². The standard InChI is InChI=1S/C54H42N2S.C2H6/c1-53(2)44-17-9-5-13-37(44)39-27-25-35(31-46(39)53)55(36-26-28-40-38-14-6-10-18-45(38)54(3,4)47(40)32-36)33-21-23-34(24-22-33)56-48-19-11-7-16-43(48)51-49(56)30-29-42-41-15-8-12-20-50(41)57-52(42)51;1-2/h5-21,23,25-32H,22,24H2,1-4H3;1-2H3. The number of allylic oxidation sites excluding steroid dienone is 4. The summed E-state index contributed by atoms with van der Waals surface area (Å²) in [5.74, 6) is 0. The summed E-state index contributed by atoms with van der Waals surface area (Å²) in [6.07, 6.45) is 6.65. The number of hydrogen-bond donors (Lipinski definition) is 0. The lowest BCUT2D eigenvalue weighted by molar-refractivity contribution is 0.659. The zero-order valence-electron chi connectivity index (χ0n) is 34.7. The Hall–Kier alpha value is -6.16. The summed E-state index contributed by atoms with van der Waals surface area (Å²) in [6, 6.07) is 54.9. The summed E-state index contributed by atoms with van der Waals surface area (Å²) >= 11 is 1.92. The molecule has 0 aliphatic heterocycles. The Bertz CT molecular complexity index is 3150. The highest BCUT2D eigenvalue weighted by Gasteiger charge is 2.38. The van der Waals surface area contributed by atoms with Crippen molar-refractivity contribution in [1.29, 1.82) is 0 Å². The smallest absolute Gasteiger partial charge is 0.0552 e. The summed E-state index contributed by atoms with van der Waals surface area (Å²) in [7, 11) is 0. The number of thiophene rings is 1. The van der Waals surface area contributed by atoms with Gasteiger partial charge in [-0.25, -0.2) is 0 Å². The van der Waals surface area contributed by atoms with Gasteiger partial charge in [0.05, 0.1) is 11.0 Å². The molecule has 2 aromatic heterocycles. The number of benzene rings is 7. The average Bonchev–Trinajstić information content (AvgIpc) is 3.96. The highest BCUT2D eigenvalue weighted by Crippen LogP contribution is 2.53. The van der Waals surface area contributed by atoms with Crippen LogP contribution in [0.2, 0.25) is 0 Å². The highest BCUT2D eigenvalue weighted by molar-refractivity contribution is 7.26. The Morgan fingerprint density at radius 1 is 0.492 bits per heavy atom. The van der Waals surface area contributed by atoms with Gasteiger partial charge in [-0.05, 0) is 112 Å². The molecule has 0 amide bonds. The van der Waals surface area contributed by atoms with Crippen molar-refractivity contribution in [2.24, 2.45) is 0 Å². The Kier molecular flexibility index (Phi) is 8.03. The van der Waals surface area contributed by atoms with E-state index in [-0.39, 0.29) is 10.8 Å². The van der Waals surface area contributed by atoms with Crippen LogP contribution in [0, 0.1) is 0 Å². The van der Waals surface area contributed by atoms with Gasteiger partial charge >= 0.3 is 0 Å². The van der Waals surface area contributed by atoms with Crippen LogP contribution in [0.1, 0.15) is 76.6 Å².